The van der Waals surface area contributed by atoms with Gasteiger partial charge in [-0.05, 0) is 37.1 Å². The number of nitrogen functional groups attached to an aromatic ring is 1. The number of benzene rings is 1. The molecule has 3 rings (SSSR count). The summed E-state index contributed by atoms with van der Waals surface area (Å²) in [4.78, 5) is 52.7. The van der Waals surface area contributed by atoms with E-state index in [9.17, 15) is 19.2 Å². The molecular weight excluding hydrogens is 434 g/mol. The van der Waals surface area contributed by atoms with Crippen LogP contribution in [0.5, 0.6) is 0 Å². The monoisotopic (exact) mass is 459 g/mol. The maximum absolute atomic E-state index is 12.3. The van der Waals surface area contributed by atoms with Crippen molar-refractivity contribution in [2.75, 3.05) is 34.8 Å². The van der Waals surface area contributed by atoms with Gasteiger partial charge in [0.05, 0.1) is 0 Å². The van der Waals surface area contributed by atoms with Gasteiger partial charge in [0.25, 0.3) is 11.5 Å². The number of carbonyl (C=O) groups excluding carboxylic acids is 1. The van der Waals surface area contributed by atoms with Crippen molar-refractivity contribution in [3.63, 3.8) is 0 Å². The predicted molar refractivity (Wildman–Crippen MR) is 120 cm³/mol. The number of nitrogens with one attached hydrogen (secondary N) is 5. The Hall–Kier alpha value is -4.29. The Morgan fingerprint density at radius 1 is 1.21 bits per heavy atom. The summed E-state index contributed by atoms with van der Waals surface area (Å²) in [6, 6.07) is 5.15. The van der Waals surface area contributed by atoms with Gasteiger partial charge in [0.2, 0.25) is 5.95 Å². The highest BCUT2D eigenvalue weighted by atomic mass is 16.4. The number of amides is 1. The molecule has 0 aliphatic carbocycles. The number of carboxylic acid groups (broad SMARTS) is 2. The molecule has 0 fully saturated rings. The molecule has 176 valence electrons. The number of carbonyl (C=O) groups is 3. The number of rotatable bonds is 10. The van der Waals surface area contributed by atoms with Crippen LogP contribution in [0.4, 0.5) is 23.1 Å². The normalized spacial score (nSPS) is 15.3. The molecule has 2 heterocycles. The summed E-state index contributed by atoms with van der Waals surface area (Å²) >= 11 is 0. The van der Waals surface area contributed by atoms with Crippen molar-refractivity contribution in [3.8, 4) is 0 Å². The molecule has 2 aromatic rings. The molecule has 0 saturated heterocycles. The van der Waals surface area contributed by atoms with Crippen molar-refractivity contribution in [1.82, 2.24) is 15.3 Å². The Balaban J connectivity index is 1.48. The molecule has 1 aliphatic rings. The van der Waals surface area contributed by atoms with Crippen LogP contribution in [0.1, 0.15) is 29.6 Å². The lowest BCUT2D eigenvalue weighted by Gasteiger charge is -2.27. The highest BCUT2D eigenvalue weighted by molar-refractivity contribution is 5.96. The molecule has 33 heavy (non-hydrogen) atoms. The van der Waals surface area contributed by atoms with E-state index in [0.29, 0.717) is 31.0 Å². The second kappa shape index (κ2) is 10.3. The Labute approximate surface area is 187 Å². The van der Waals surface area contributed by atoms with E-state index < -0.39 is 23.9 Å². The Morgan fingerprint density at radius 2 is 1.94 bits per heavy atom. The van der Waals surface area contributed by atoms with E-state index in [4.69, 9.17) is 15.9 Å². The zero-order valence-electron chi connectivity index (χ0n) is 17.6. The van der Waals surface area contributed by atoms with E-state index in [-0.39, 0.29) is 36.0 Å². The van der Waals surface area contributed by atoms with Crippen LogP contribution in [0, 0.1) is 0 Å². The number of aliphatic carboxylic acids is 2. The lowest BCUT2D eigenvalue weighted by atomic mass is 10.1. The van der Waals surface area contributed by atoms with Crippen molar-refractivity contribution < 1.29 is 24.6 Å². The minimum Gasteiger partial charge on any atom is -0.481 e. The van der Waals surface area contributed by atoms with E-state index in [1.807, 2.05) is 0 Å². The van der Waals surface area contributed by atoms with Gasteiger partial charge < -0.3 is 37.2 Å². The largest absolute Gasteiger partial charge is 0.481 e. The first-order chi connectivity index (χ1) is 15.7. The minimum atomic E-state index is -1.29. The molecule has 1 aromatic carbocycles. The third-order valence-corrected chi connectivity index (χ3v) is 5.02. The number of H-pyrrole nitrogens is 1. The third kappa shape index (κ3) is 6.35. The number of nitrogens with two attached hydrogens (primary N) is 1. The number of nitrogens with zero attached hydrogens (tertiary/aromatic N) is 1. The molecule has 1 amide bonds. The van der Waals surface area contributed by atoms with Gasteiger partial charge in [-0.3, -0.25) is 19.4 Å². The van der Waals surface area contributed by atoms with Crippen molar-refractivity contribution in [3.05, 3.63) is 40.2 Å². The highest BCUT2D eigenvalue weighted by Gasteiger charge is 2.22. The molecule has 0 radical (unpaired) electrons. The number of hydrogen-bond acceptors (Lipinski definition) is 9. The van der Waals surface area contributed by atoms with Gasteiger partial charge in [-0.25, -0.2) is 4.79 Å². The van der Waals surface area contributed by atoms with Crippen LogP contribution in [0.15, 0.2) is 29.1 Å². The third-order valence-electron chi connectivity index (χ3n) is 5.02. The lowest BCUT2D eigenvalue weighted by molar-refractivity contribution is -0.140. The maximum Gasteiger partial charge on any atom is 0.326 e. The van der Waals surface area contributed by atoms with E-state index in [0.717, 1.165) is 5.69 Å². The number of aromatic amines is 1. The van der Waals surface area contributed by atoms with Crippen LogP contribution in [-0.4, -0.2) is 63.2 Å². The fourth-order valence-corrected chi connectivity index (χ4v) is 3.30. The van der Waals surface area contributed by atoms with Gasteiger partial charge in [0, 0.05) is 36.8 Å². The second-order valence-corrected chi connectivity index (χ2v) is 7.49. The van der Waals surface area contributed by atoms with E-state index in [1.165, 1.54) is 0 Å². The first-order valence-corrected chi connectivity index (χ1v) is 10.2. The van der Waals surface area contributed by atoms with Gasteiger partial charge in [0.15, 0.2) is 5.82 Å². The molecule has 0 spiro atoms. The minimum absolute atomic E-state index is 0.0136. The van der Waals surface area contributed by atoms with Crippen LogP contribution in [0.25, 0.3) is 0 Å². The summed E-state index contributed by atoms with van der Waals surface area (Å²) in [5.74, 6) is -2.57. The van der Waals surface area contributed by atoms with Crippen LogP contribution in [0.3, 0.4) is 0 Å². The molecule has 0 bridgehead atoms. The second-order valence-electron chi connectivity index (χ2n) is 7.49. The van der Waals surface area contributed by atoms with Gasteiger partial charge in [-0.1, -0.05) is 0 Å². The summed E-state index contributed by atoms with van der Waals surface area (Å²) in [5.41, 5.74) is 6.54. The maximum atomic E-state index is 12.3. The van der Waals surface area contributed by atoms with Crippen LogP contribution >= 0.6 is 0 Å². The molecule has 1 aromatic heterocycles. The summed E-state index contributed by atoms with van der Waals surface area (Å²) in [6.45, 7) is 1.15. The highest BCUT2D eigenvalue weighted by Crippen LogP contribution is 2.21. The summed E-state index contributed by atoms with van der Waals surface area (Å²) in [5, 5.41) is 29.6. The van der Waals surface area contributed by atoms with Crippen molar-refractivity contribution in [2.45, 2.75) is 31.3 Å². The summed E-state index contributed by atoms with van der Waals surface area (Å²) in [6.07, 6.45) is 0.109. The fourth-order valence-electron chi connectivity index (χ4n) is 3.30. The molecule has 1 aliphatic heterocycles. The molecule has 0 unspecified atom stereocenters. The van der Waals surface area contributed by atoms with Crippen molar-refractivity contribution in [1.29, 1.82) is 0 Å². The van der Waals surface area contributed by atoms with E-state index in [2.05, 4.69) is 31.2 Å². The summed E-state index contributed by atoms with van der Waals surface area (Å²) < 4.78 is 0. The van der Waals surface area contributed by atoms with Gasteiger partial charge in [-0.15, -0.1) is 0 Å². The number of anilines is 4. The van der Waals surface area contributed by atoms with Crippen LogP contribution in [-0.2, 0) is 9.59 Å². The first kappa shape index (κ1) is 23.4. The zero-order valence-corrected chi connectivity index (χ0v) is 17.6. The van der Waals surface area contributed by atoms with Crippen molar-refractivity contribution >= 4 is 41.0 Å². The Morgan fingerprint density at radius 3 is 2.61 bits per heavy atom. The molecule has 2 atom stereocenters. The SMILES string of the molecule is Nc1nc2c(c(=O)[nH]1)N[C@H](CCNc1ccc(C(=O)N[C@H](CCC(=O)O)C(=O)O)cc1)CN2. The Bertz CT molecular complexity index is 1090. The van der Waals surface area contributed by atoms with Gasteiger partial charge in [-0.2, -0.15) is 4.98 Å². The lowest BCUT2D eigenvalue weighted by Crippen LogP contribution is -2.41. The topological polar surface area (TPSA) is 212 Å². The number of aromatic nitrogens is 2. The predicted octanol–water partition coefficient (Wildman–Crippen LogP) is 0.108. The van der Waals surface area contributed by atoms with E-state index in [1.54, 1.807) is 24.3 Å². The van der Waals surface area contributed by atoms with E-state index >= 15 is 0 Å². The average molecular weight is 459 g/mol. The standard InChI is InChI=1S/C20H25N7O6/c21-20-26-16-15(18(31)27-20)24-12(9-23-16)7-8-22-11-3-1-10(2-4-11)17(30)25-13(19(32)33)5-6-14(28)29/h1-4,12-13,22,24H,5-9H2,(H,25,30)(H,28,29)(H,32,33)(H4,21,23,26,27,31)/t12-,13-/m1/s1. The van der Waals surface area contributed by atoms with Crippen LogP contribution < -0.4 is 32.6 Å². The zero-order chi connectivity index (χ0) is 24.0. The number of carboxylic acids is 2. The van der Waals surface area contributed by atoms with Crippen molar-refractivity contribution in [2.24, 2.45) is 0 Å². The number of hydrogen-bond donors (Lipinski definition) is 8. The smallest absolute Gasteiger partial charge is 0.326 e. The fraction of sp³-hybridized carbons (Fsp3) is 0.350. The first-order valence-electron chi connectivity index (χ1n) is 10.2. The van der Waals surface area contributed by atoms with Crippen LogP contribution in [0.2, 0.25) is 0 Å². The molecule has 13 nitrogen and oxygen atoms in total. The average Bonchev–Trinajstić information content (AvgIpc) is 2.77. The quantitative estimate of drug-likeness (QED) is 0.239. The number of fused-ring (bicyclic) bond motifs is 1. The molecular formula is C20H25N7O6. The van der Waals surface area contributed by atoms with Gasteiger partial charge >= 0.3 is 11.9 Å². The molecule has 13 heteroatoms. The molecule has 9 N–H and O–H groups in total. The summed E-state index contributed by atoms with van der Waals surface area (Å²) in [7, 11) is 0. The van der Waals surface area contributed by atoms with Gasteiger partial charge in [0.1, 0.15) is 11.7 Å². The Kier molecular flexibility index (Phi) is 7.33. The molecule has 0 saturated carbocycles.